The molecular weight excluding hydrogens is 310 g/mol. The highest BCUT2D eigenvalue weighted by atomic mass is 16.5. The SMILES string of the molecule is C=C(C)CN(/C=C(\C)C(=O)OCCCCCCCCCCCC)CC. The van der Waals surface area contributed by atoms with E-state index >= 15 is 0 Å². The zero-order valence-corrected chi connectivity index (χ0v) is 17.2. The molecule has 0 radical (unpaired) electrons. The highest BCUT2D eigenvalue weighted by Gasteiger charge is 2.07. The van der Waals surface area contributed by atoms with Gasteiger partial charge in [-0.1, -0.05) is 76.9 Å². The molecule has 0 bridgehead atoms. The van der Waals surface area contributed by atoms with Crippen molar-refractivity contribution in [2.45, 2.75) is 91.9 Å². The van der Waals surface area contributed by atoms with E-state index < -0.39 is 0 Å². The third-order valence-corrected chi connectivity index (χ3v) is 4.31. The number of ether oxygens (including phenoxy) is 1. The summed E-state index contributed by atoms with van der Waals surface area (Å²) in [6.45, 7) is 14.2. The van der Waals surface area contributed by atoms with Crippen molar-refractivity contribution >= 4 is 5.97 Å². The summed E-state index contributed by atoms with van der Waals surface area (Å²) in [7, 11) is 0. The van der Waals surface area contributed by atoms with Gasteiger partial charge in [-0.25, -0.2) is 4.79 Å². The summed E-state index contributed by atoms with van der Waals surface area (Å²) in [4.78, 5) is 14.1. The molecule has 146 valence electrons. The van der Waals surface area contributed by atoms with Gasteiger partial charge in [0.2, 0.25) is 0 Å². The number of unbranched alkanes of at least 4 members (excludes halogenated alkanes) is 9. The topological polar surface area (TPSA) is 29.5 Å². The maximum atomic E-state index is 12.0. The van der Waals surface area contributed by atoms with Gasteiger partial charge >= 0.3 is 5.97 Å². The average Bonchev–Trinajstić information content (AvgIpc) is 2.58. The van der Waals surface area contributed by atoms with Crippen LogP contribution in [0, 0.1) is 0 Å². The zero-order chi connectivity index (χ0) is 18.9. The molecule has 0 spiro atoms. The number of nitrogens with zero attached hydrogens (tertiary/aromatic N) is 1. The summed E-state index contributed by atoms with van der Waals surface area (Å²) in [5, 5.41) is 0. The van der Waals surface area contributed by atoms with Crippen LogP contribution in [-0.2, 0) is 9.53 Å². The van der Waals surface area contributed by atoms with E-state index in [4.69, 9.17) is 4.74 Å². The maximum absolute atomic E-state index is 12.0. The molecule has 3 nitrogen and oxygen atoms in total. The number of rotatable bonds is 16. The molecule has 0 amide bonds. The lowest BCUT2D eigenvalue weighted by Crippen LogP contribution is -2.20. The van der Waals surface area contributed by atoms with E-state index in [2.05, 4.69) is 25.3 Å². The normalized spacial score (nSPS) is 11.4. The van der Waals surface area contributed by atoms with E-state index in [9.17, 15) is 4.79 Å². The lowest BCUT2D eigenvalue weighted by molar-refractivity contribution is -0.139. The number of esters is 1. The van der Waals surface area contributed by atoms with Gasteiger partial charge in [0.1, 0.15) is 0 Å². The van der Waals surface area contributed by atoms with Crippen LogP contribution in [0.4, 0.5) is 0 Å². The molecule has 25 heavy (non-hydrogen) atoms. The van der Waals surface area contributed by atoms with Crippen LogP contribution in [0.5, 0.6) is 0 Å². The van der Waals surface area contributed by atoms with E-state index in [1.807, 2.05) is 20.0 Å². The Kier molecular flexibility index (Phi) is 15.4. The van der Waals surface area contributed by atoms with E-state index in [1.54, 1.807) is 0 Å². The number of carbonyl (C=O) groups excluding carboxylic acids is 1. The predicted octanol–water partition coefficient (Wildman–Crippen LogP) is 6.25. The molecule has 0 aromatic carbocycles. The van der Waals surface area contributed by atoms with Gasteiger partial charge in [0.15, 0.2) is 0 Å². The Morgan fingerprint density at radius 1 is 0.920 bits per heavy atom. The van der Waals surface area contributed by atoms with Crippen molar-refractivity contribution in [3.63, 3.8) is 0 Å². The van der Waals surface area contributed by atoms with E-state index in [-0.39, 0.29) is 5.97 Å². The first kappa shape index (κ1) is 23.8. The van der Waals surface area contributed by atoms with Crippen LogP contribution in [0.3, 0.4) is 0 Å². The molecule has 0 saturated carbocycles. The molecule has 0 saturated heterocycles. The van der Waals surface area contributed by atoms with E-state index in [0.717, 1.165) is 31.5 Å². The molecule has 0 aromatic rings. The van der Waals surface area contributed by atoms with Crippen molar-refractivity contribution in [1.29, 1.82) is 0 Å². The molecule has 0 aliphatic rings. The van der Waals surface area contributed by atoms with Gasteiger partial charge in [0, 0.05) is 24.9 Å². The van der Waals surface area contributed by atoms with Crippen molar-refractivity contribution < 1.29 is 9.53 Å². The summed E-state index contributed by atoms with van der Waals surface area (Å²) in [6, 6.07) is 0. The number of likely N-dealkylation sites (N-methyl/N-ethyl adjacent to an activating group) is 1. The third kappa shape index (κ3) is 14.8. The molecule has 0 atom stereocenters. The first-order chi connectivity index (χ1) is 12.0. The second-order valence-corrected chi connectivity index (χ2v) is 7.15. The van der Waals surface area contributed by atoms with Crippen LogP contribution in [0.15, 0.2) is 23.9 Å². The van der Waals surface area contributed by atoms with Crippen molar-refractivity contribution in [2.24, 2.45) is 0 Å². The molecule has 0 aliphatic heterocycles. The monoisotopic (exact) mass is 351 g/mol. The lowest BCUT2D eigenvalue weighted by atomic mass is 10.1. The second-order valence-electron chi connectivity index (χ2n) is 7.15. The Morgan fingerprint density at radius 2 is 1.44 bits per heavy atom. The maximum Gasteiger partial charge on any atom is 0.335 e. The molecule has 0 aliphatic carbocycles. The van der Waals surface area contributed by atoms with Gasteiger partial charge in [-0.05, 0) is 27.2 Å². The highest BCUT2D eigenvalue weighted by molar-refractivity contribution is 5.87. The Bertz CT molecular complexity index is 387. The molecule has 0 unspecified atom stereocenters. The predicted molar refractivity (Wildman–Crippen MR) is 109 cm³/mol. The lowest BCUT2D eigenvalue weighted by Gasteiger charge is -2.19. The van der Waals surface area contributed by atoms with Crippen LogP contribution < -0.4 is 0 Å². The van der Waals surface area contributed by atoms with Gasteiger partial charge in [0.25, 0.3) is 0 Å². The molecule has 0 heterocycles. The summed E-state index contributed by atoms with van der Waals surface area (Å²) < 4.78 is 5.37. The summed E-state index contributed by atoms with van der Waals surface area (Å²) in [6.07, 6.45) is 14.8. The van der Waals surface area contributed by atoms with Gasteiger partial charge in [-0.15, -0.1) is 0 Å². The van der Waals surface area contributed by atoms with Crippen LogP contribution in [0.2, 0.25) is 0 Å². The highest BCUT2D eigenvalue weighted by Crippen LogP contribution is 2.11. The second kappa shape index (κ2) is 16.2. The average molecular weight is 352 g/mol. The minimum absolute atomic E-state index is 0.198. The van der Waals surface area contributed by atoms with Gasteiger partial charge in [0.05, 0.1) is 6.61 Å². The fraction of sp³-hybridized carbons (Fsp3) is 0.773. The first-order valence-electron chi connectivity index (χ1n) is 10.2. The molecule has 3 heteroatoms. The van der Waals surface area contributed by atoms with Crippen molar-refractivity contribution in [3.05, 3.63) is 23.9 Å². The van der Waals surface area contributed by atoms with Crippen molar-refractivity contribution in [2.75, 3.05) is 19.7 Å². The molecule has 0 fully saturated rings. The molecule has 0 N–H and O–H groups in total. The Balaban J connectivity index is 3.70. The number of carbonyl (C=O) groups is 1. The van der Waals surface area contributed by atoms with E-state index in [0.29, 0.717) is 12.2 Å². The summed E-state index contributed by atoms with van der Waals surface area (Å²) >= 11 is 0. The fourth-order valence-electron chi connectivity index (χ4n) is 2.79. The zero-order valence-electron chi connectivity index (χ0n) is 17.2. The summed E-state index contributed by atoms with van der Waals surface area (Å²) in [5.41, 5.74) is 1.75. The first-order valence-corrected chi connectivity index (χ1v) is 10.2. The van der Waals surface area contributed by atoms with Crippen LogP contribution in [0.25, 0.3) is 0 Å². The van der Waals surface area contributed by atoms with Crippen LogP contribution in [-0.4, -0.2) is 30.6 Å². The molecule has 0 rings (SSSR count). The minimum Gasteiger partial charge on any atom is -0.462 e. The summed E-state index contributed by atoms with van der Waals surface area (Å²) in [5.74, 6) is -0.198. The third-order valence-electron chi connectivity index (χ3n) is 4.31. The van der Waals surface area contributed by atoms with Gasteiger partial charge in [-0.3, -0.25) is 0 Å². The Labute approximate surface area is 156 Å². The number of hydrogen-bond donors (Lipinski definition) is 0. The largest absolute Gasteiger partial charge is 0.462 e. The standard InChI is InChI=1S/C22H41NO2/c1-6-8-9-10-11-12-13-14-15-16-17-25-22(24)21(5)19-23(7-2)18-20(3)4/h19H,3,6-18H2,1-2,4-5H3/b21-19+. The van der Waals surface area contributed by atoms with Crippen molar-refractivity contribution in [3.8, 4) is 0 Å². The van der Waals surface area contributed by atoms with Gasteiger partial charge < -0.3 is 9.64 Å². The van der Waals surface area contributed by atoms with E-state index in [1.165, 1.54) is 51.4 Å². The van der Waals surface area contributed by atoms with Crippen LogP contribution >= 0.6 is 0 Å². The molecular formula is C22H41NO2. The smallest absolute Gasteiger partial charge is 0.335 e. The van der Waals surface area contributed by atoms with Gasteiger partial charge in [-0.2, -0.15) is 0 Å². The number of hydrogen-bond acceptors (Lipinski definition) is 3. The minimum atomic E-state index is -0.198. The Hall–Kier alpha value is -1.25. The molecule has 0 aromatic heterocycles. The van der Waals surface area contributed by atoms with Crippen molar-refractivity contribution in [1.82, 2.24) is 4.90 Å². The van der Waals surface area contributed by atoms with Crippen LogP contribution in [0.1, 0.15) is 91.9 Å². The Morgan fingerprint density at radius 3 is 1.92 bits per heavy atom. The fourth-order valence-corrected chi connectivity index (χ4v) is 2.79. The quantitative estimate of drug-likeness (QED) is 0.142.